The van der Waals surface area contributed by atoms with E-state index in [-0.39, 0.29) is 10.8 Å². The molecule has 0 radical (unpaired) electrons. The number of hydrogen-bond donors (Lipinski definition) is 0. The van der Waals surface area contributed by atoms with Crippen LogP contribution in [0.25, 0.3) is 165 Å². The van der Waals surface area contributed by atoms with Gasteiger partial charge in [-0.25, -0.2) is 0 Å². The first-order valence-corrected chi connectivity index (χ1v) is 45.7. The Hall–Kier alpha value is -14.4. The van der Waals surface area contributed by atoms with Crippen LogP contribution in [-0.2, 0) is 10.8 Å². The molecule has 18 aromatic carbocycles. The van der Waals surface area contributed by atoms with Crippen LogP contribution in [0.15, 0.2) is 417 Å². The molecule has 20 aromatic rings. The van der Waals surface area contributed by atoms with Gasteiger partial charge >= 0.3 is 0 Å². The molecular weight excluding hydrogens is 1530 g/mol. The summed E-state index contributed by atoms with van der Waals surface area (Å²) in [6.07, 6.45) is 11.2. The van der Waals surface area contributed by atoms with Gasteiger partial charge in [0.2, 0.25) is 0 Å². The third-order valence-corrected chi connectivity index (χ3v) is 30.3. The minimum atomic E-state index is -0.0262. The van der Waals surface area contributed by atoms with Crippen molar-refractivity contribution in [1.82, 2.24) is 0 Å². The second-order valence-electron chi connectivity index (χ2n) is 35.4. The van der Waals surface area contributed by atoms with Crippen molar-refractivity contribution in [3.8, 4) is 122 Å². The van der Waals surface area contributed by atoms with Crippen LogP contribution in [0.4, 0.5) is 34.1 Å². The number of fused-ring (bicyclic) bond motifs is 19. The molecular formula is C121H88N2OS. The van der Waals surface area contributed by atoms with Crippen LogP contribution in [0.5, 0.6) is 0 Å². The van der Waals surface area contributed by atoms with Crippen molar-refractivity contribution < 1.29 is 4.42 Å². The summed E-state index contributed by atoms with van der Waals surface area (Å²) >= 11 is 1.90. The standard InChI is InChI=1S/C121H88N2OS/c1-3-31-79(32-4-1)86-33-5-7-35-89(86)92-38-11-13-41-95(92)101-45-17-23-55-113(101)122(84-66-68-99-97-43-15-21-53-109(97)120(111(99)75-84)71-27-2-28-72-120)83-64-60-80(61-65-83)88-49-29-50-105-108-74-81(62-70-116(108)124-118(88)105)87-34-6-8-36-90(87)91-37-9-10-39-93(91)94-40-12-14-42-96(94)102-46-18-24-56-114(102)123(115-57-25-19-47-103(115)106-51-30-52-107-104-48-20-26-58-117(104)125-119(106)107)85-67-69-100-98-44-16-22-54-110(98)121(112(100)76-85)77-78-59-63-82(121)73-78/h1,3-26,29-58,60-62,64-70,74-76,78,82H,2,27-28,59,63,71-73,77H2. The Labute approximate surface area is 734 Å². The van der Waals surface area contributed by atoms with Crippen molar-refractivity contribution in [2.45, 2.75) is 68.6 Å². The van der Waals surface area contributed by atoms with Gasteiger partial charge in [0.25, 0.3) is 0 Å². The summed E-state index contributed by atoms with van der Waals surface area (Å²) in [5.74, 6) is 1.37. The molecule has 125 heavy (non-hydrogen) atoms. The average molecular weight is 1620 g/mol. The molecule has 0 aliphatic heterocycles. The third-order valence-electron chi connectivity index (χ3n) is 29.1. The molecule has 0 N–H and O–H groups in total. The van der Waals surface area contributed by atoms with E-state index >= 15 is 0 Å². The number of furan rings is 1. The first-order valence-electron chi connectivity index (χ1n) is 44.8. The molecule has 0 amide bonds. The van der Waals surface area contributed by atoms with Gasteiger partial charge in [0, 0.05) is 86.7 Å². The highest BCUT2D eigenvalue weighted by Gasteiger charge is 2.57. The van der Waals surface area contributed by atoms with Gasteiger partial charge in [-0.05, 0) is 234 Å². The number of nitrogens with zero attached hydrogens (tertiary/aromatic N) is 2. The van der Waals surface area contributed by atoms with E-state index in [1.54, 1.807) is 0 Å². The smallest absolute Gasteiger partial charge is 0.143 e. The Morgan fingerprint density at radius 1 is 0.264 bits per heavy atom. The van der Waals surface area contributed by atoms with Crippen LogP contribution in [0.2, 0.25) is 0 Å². The first-order chi connectivity index (χ1) is 62.0. The zero-order chi connectivity index (χ0) is 82.3. The molecule has 594 valence electrons. The molecule has 2 spiro atoms. The van der Waals surface area contributed by atoms with Crippen LogP contribution in [0.3, 0.4) is 0 Å². The van der Waals surface area contributed by atoms with Crippen molar-refractivity contribution in [3.05, 3.63) is 435 Å². The van der Waals surface area contributed by atoms with Crippen molar-refractivity contribution in [2.24, 2.45) is 11.8 Å². The molecule has 5 aliphatic rings. The summed E-state index contributed by atoms with van der Waals surface area (Å²) in [5, 5.41) is 4.75. The summed E-state index contributed by atoms with van der Waals surface area (Å²) < 4.78 is 9.76. The van der Waals surface area contributed by atoms with Gasteiger partial charge < -0.3 is 14.2 Å². The van der Waals surface area contributed by atoms with Gasteiger partial charge in [0.1, 0.15) is 11.2 Å². The molecule has 2 heterocycles. The maximum Gasteiger partial charge on any atom is 0.143 e. The van der Waals surface area contributed by atoms with Crippen molar-refractivity contribution >= 4 is 87.6 Å². The lowest BCUT2D eigenvalue weighted by Gasteiger charge is -2.37. The lowest BCUT2D eigenvalue weighted by molar-refractivity contribution is 0.327. The normalized spacial score (nSPS) is 16.3. The van der Waals surface area contributed by atoms with E-state index in [2.05, 4.69) is 422 Å². The fraction of sp³-hybridized carbons (Fsp3) is 0.107. The van der Waals surface area contributed by atoms with Gasteiger partial charge in [-0.1, -0.05) is 365 Å². The highest BCUT2D eigenvalue weighted by atomic mass is 32.1. The molecule has 3 atom stereocenters. The van der Waals surface area contributed by atoms with Crippen molar-refractivity contribution in [3.63, 3.8) is 0 Å². The van der Waals surface area contributed by atoms with E-state index in [0.29, 0.717) is 5.92 Å². The second kappa shape index (κ2) is 29.7. The molecule has 2 bridgehead atoms. The van der Waals surface area contributed by atoms with Gasteiger partial charge in [-0.2, -0.15) is 0 Å². The van der Waals surface area contributed by atoms with Gasteiger partial charge in [-0.15, -0.1) is 11.3 Å². The van der Waals surface area contributed by atoms with Crippen LogP contribution >= 0.6 is 11.3 Å². The van der Waals surface area contributed by atoms with E-state index in [1.807, 2.05) is 11.3 Å². The van der Waals surface area contributed by atoms with E-state index in [1.165, 1.54) is 154 Å². The van der Waals surface area contributed by atoms with E-state index in [4.69, 9.17) is 4.42 Å². The molecule has 3 saturated carbocycles. The zero-order valence-corrected chi connectivity index (χ0v) is 70.3. The maximum absolute atomic E-state index is 7.16. The van der Waals surface area contributed by atoms with E-state index < -0.39 is 0 Å². The molecule has 4 heteroatoms. The second-order valence-corrected chi connectivity index (χ2v) is 36.4. The molecule has 3 fully saturated rings. The Morgan fingerprint density at radius 2 is 0.688 bits per heavy atom. The highest BCUT2D eigenvalue weighted by molar-refractivity contribution is 7.26. The average Bonchev–Trinajstić information content (AvgIpc) is 1.54. The predicted octanol–water partition coefficient (Wildman–Crippen LogP) is 34.2. The summed E-state index contributed by atoms with van der Waals surface area (Å²) in [6, 6.07) is 156. The lowest BCUT2D eigenvalue weighted by atomic mass is 9.67. The van der Waals surface area contributed by atoms with Crippen LogP contribution < -0.4 is 9.80 Å². The van der Waals surface area contributed by atoms with Crippen LogP contribution in [-0.4, -0.2) is 0 Å². The number of rotatable bonds is 15. The van der Waals surface area contributed by atoms with Crippen molar-refractivity contribution in [2.75, 3.05) is 9.80 Å². The number of benzene rings is 18. The summed E-state index contributed by atoms with van der Waals surface area (Å²) in [5.41, 5.74) is 41.0. The Morgan fingerprint density at radius 3 is 1.30 bits per heavy atom. The fourth-order valence-corrected chi connectivity index (χ4v) is 24.9. The number of para-hydroxylation sites is 4. The molecule has 3 nitrogen and oxygen atoms in total. The Balaban J connectivity index is 0.589. The fourth-order valence-electron chi connectivity index (χ4n) is 23.7. The number of hydrogen-bond acceptors (Lipinski definition) is 4. The first kappa shape index (κ1) is 73.3. The molecule has 25 rings (SSSR count). The van der Waals surface area contributed by atoms with E-state index in [0.717, 1.165) is 130 Å². The third kappa shape index (κ3) is 11.7. The quantitative estimate of drug-likeness (QED) is 0.102. The molecule has 0 saturated heterocycles. The zero-order valence-electron chi connectivity index (χ0n) is 69.5. The largest absolute Gasteiger partial charge is 0.455 e. The van der Waals surface area contributed by atoms with Crippen LogP contribution in [0, 0.1) is 11.8 Å². The Bertz CT molecular complexity index is 7700. The highest BCUT2D eigenvalue weighted by Crippen LogP contribution is 2.67. The SMILES string of the molecule is c1ccc(-c2ccccc2-c2ccccc2-c2ccccc2N(c2ccc(-c3cccc4c3oc3ccc(-c5ccccc5-c5ccccc5-c5ccccc5-c5ccccc5N(c5ccc6c(c5)C5(CC7CCC5C7)c5ccccc5-6)c5ccccc5-c5cccc6c5sc5ccccc56)cc34)cc2)c2ccc3c(c2)C2(CCCCC2)c2ccccc2-3)cc1. The number of anilines is 6. The topological polar surface area (TPSA) is 19.6 Å². The minimum Gasteiger partial charge on any atom is -0.455 e. The minimum absolute atomic E-state index is 0.00680. The van der Waals surface area contributed by atoms with Gasteiger partial charge in [0.05, 0.1) is 17.1 Å². The van der Waals surface area contributed by atoms with E-state index in [9.17, 15) is 0 Å². The monoisotopic (exact) mass is 1620 g/mol. The molecule has 2 aromatic heterocycles. The number of thiophene rings is 1. The van der Waals surface area contributed by atoms with Crippen LogP contribution in [0.1, 0.15) is 80.0 Å². The Kier molecular flexibility index (Phi) is 17.4. The van der Waals surface area contributed by atoms with Crippen molar-refractivity contribution in [1.29, 1.82) is 0 Å². The summed E-state index contributed by atoms with van der Waals surface area (Å²) in [4.78, 5) is 5.15. The summed E-state index contributed by atoms with van der Waals surface area (Å²) in [6.45, 7) is 0. The maximum atomic E-state index is 7.16. The van der Waals surface area contributed by atoms with Gasteiger partial charge in [0.15, 0.2) is 0 Å². The summed E-state index contributed by atoms with van der Waals surface area (Å²) in [7, 11) is 0. The molecule has 5 aliphatic carbocycles. The lowest BCUT2D eigenvalue weighted by Crippen LogP contribution is -2.32. The van der Waals surface area contributed by atoms with Gasteiger partial charge in [-0.3, -0.25) is 0 Å². The molecule has 3 unspecified atom stereocenters. The predicted molar refractivity (Wildman–Crippen MR) is 526 cm³/mol.